The van der Waals surface area contributed by atoms with Gasteiger partial charge in [0.05, 0.1) is 5.92 Å². The Balaban J connectivity index is 3.88. The normalized spacial score (nSPS) is 16.3. The average Bonchev–Trinajstić information content (AvgIpc) is 1.62. The van der Waals surface area contributed by atoms with Crippen molar-refractivity contribution in [3.05, 3.63) is 0 Å². The van der Waals surface area contributed by atoms with Crippen LogP contribution in [0, 0.1) is 5.92 Å². The van der Waals surface area contributed by atoms with E-state index in [1.54, 1.807) is 0 Å². The van der Waals surface area contributed by atoms with Crippen LogP contribution in [0.3, 0.4) is 0 Å². The standard InChI is InChI=1S/C5H12O4/c1-3(4(6)7)5(2,8)9/h3-4,6-9H,1-2H3. The van der Waals surface area contributed by atoms with Gasteiger partial charge in [0.2, 0.25) is 0 Å². The fourth-order valence-electron chi connectivity index (χ4n) is 0.282. The summed E-state index contributed by atoms with van der Waals surface area (Å²) in [5.41, 5.74) is 0. The van der Waals surface area contributed by atoms with E-state index in [9.17, 15) is 0 Å². The summed E-state index contributed by atoms with van der Waals surface area (Å²) in [6.07, 6.45) is -1.69. The second-order valence-electron chi connectivity index (χ2n) is 2.30. The summed E-state index contributed by atoms with van der Waals surface area (Å²) < 4.78 is 0. The number of rotatable bonds is 2. The summed E-state index contributed by atoms with van der Waals surface area (Å²) in [6, 6.07) is 0. The van der Waals surface area contributed by atoms with Gasteiger partial charge in [-0.2, -0.15) is 0 Å². The zero-order valence-corrected chi connectivity index (χ0v) is 5.44. The van der Waals surface area contributed by atoms with Gasteiger partial charge in [-0.25, -0.2) is 0 Å². The zero-order valence-electron chi connectivity index (χ0n) is 5.44. The smallest absolute Gasteiger partial charge is 0.167 e. The fourth-order valence-corrected chi connectivity index (χ4v) is 0.282. The summed E-state index contributed by atoms with van der Waals surface area (Å²) in [5, 5.41) is 34.2. The van der Waals surface area contributed by atoms with E-state index < -0.39 is 18.0 Å². The number of hydrogen-bond acceptors (Lipinski definition) is 4. The fraction of sp³-hybridized carbons (Fsp3) is 1.00. The summed E-state index contributed by atoms with van der Waals surface area (Å²) >= 11 is 0. The maximum Gasteiger partial charge on any atom is 0.167 e. The van der Waals surface area contributed by atoms with Crippen LogP contribution in [0.4, 0.5) is 0 Å². The summed E-state index contributed by atoms with van der Waals surface area (Å²) in [7, 11) is 0. The molecule has 4 heteroatoms. The molecule has 0 bridgehead atoms. The molecule has 0 aromatic rings. The molecule has 1 unspecified atom stereocenters. The van der Waals surface area contributed by atoms with Gasteiger partial charge in [-0.3, -0.25) is 0 Å². The molecular formula is C5H12O4. The van der Waals surface area contributed by atoms with Crippen LogP contribution in [0.2, 0.25) is 0 Å². The minimum atomic E-state index is -2.02. The molecule has 0 saturated heterocycles. The Hall–Kier alpha value is -0.160. The second kappa shape index (κ2) is 2.62. The lowest BCUT2D eigenvalue weighted by Crippen LogP contribution is -2.39. The predicted molar refractivity (Wildman–Crippen MR) is 30.2 cm³/mol. The molecule has 0 aliphatic rings. The highest BCUT2D eigenvalue weighted by Crippen LogP contribution is 2.14. The molecule has 0 aromatic carbocycles. The van der Waals surface area contributed by atoms with E-state index in [4.69, 9.17) is 20.4 Å². The Bertz CT molecular complexity index is 83.4. The molecule has 0 spiro atoms. The van der Waals surface area contributed by atoms with Gasteiger partial charge >= 0.3 is 0 Å². The van der Waals surface area contributed by atoms with Gasteiger partial charge in [0.25, 0.3) is 0 Å². The van der Waals surface area contributed by atoms with Crippen LogP contribution >= 0.6 is 0 Å². The Labute approximate surface area is 53.4 Å². The van der Waals surface area contributed by atoms with E-state index >= 15 is 0 Å². The lowest BCUT2D eigenvalue weighted by molar-refractivity contribution is -0.236. The summed E-state index contributed by atoms with van der Waals surface area (Å²) in [4.78, 5) is 0. The third-order valence-corrected chi connectivity index (χ3v) is 1.31. The lowest BCUT2D eigenvalue weighted by atomic mass is 10.0. The Morgan fingerprint density at radius 1 is 1.22 bits per heavy atom. The van der Waals surface area contributed by atoms with Crippen LogP contribution in [-0.4, -0.2) is 32.5 Å². The third-order valence-electron chi connectivity index (χ3n) is 1.31. The van der Waals surface area contributed by atoms with Gasteiger partial charge in [-0.15, -0.1) is 0 Å². The zero-order chi connectivity index (χ0) is 7.65. The summed E-state index contributed by atoms with van der Waals surface area (Å²) in [5.74, 6) is -2.98. The van der Waals surface area contributed by atoms with Gasteiger partial charge in [0.15, 0.2) is 12.1 Å². The molecule has 4 nitrogen and oxygen atoms in total. The van der Waals surface area contributed by atoms with Gasteiger partial charge < -0.3 is 20.4 Å². The SMILES string of the molecule is CC(C(O)O)C(C)(O)O. The molecule has 0 heterocycles. The van der Waals surface area contributed by atoms with Gasteiger partial charge in [-0.1, -0.05) is 6.92 Å². The molecule has 0 saturated carbocycles. The molecule has 0 fully saturated rings. The van der Waals surface area contributed by atoms with Crippen molar-refractivity contribution in [1.82, 2.24) is 0 Å². The van der Waals surface area contributed by atoms with Crippen LogP contribution in [0.5, 0.6) is 0 Å². The second-order valence-corrected chi connectivity index (χ2v) is 2.30. The average molecular weight is 136 g/mol. The van der Waals surface area contributed by atoms with Gasteiger partial charge in [-0.05, 0) is 6.92 Å². The van der Waals surface area contributed by atoms with E-state index in [1.807, 2.05) is 0 Å². The number of hydrogen-bond donors (Lipinski definition) is 4. The molecule has 0 rings (SSSR count). The largest absolute Gasteiger partial charge is 0.368 e. The van der Waals surface area contributed by atoms with Crippen LogP contribution in [0.1, 0.15) is 13.8 Å². The van der Waals surface area contributed by atoms with Crippen molar-refractivity contribution in [3.63, 3.8) is 0 Å². The van der Waals surface area contributed by atoms with Crippen molar-refractivity contribution in [3.8, 4) is 0 Å². The van der Waals surface area contributed by atoms with E-state index in [-0.39, 0.29) is 0 Å². The first-order chi connectivity index (χ1) is 3.85. The highest BCUT2D eigenvalue weighted by Gasteiger charge is 2.29. The Kier molecular flexibility index (Phi) is 2.57. The molecule has 1 atom stereocenters. The van der Waals surface area contributed by atoms with Crippen LogP contribution in [0.25, 0.3) is 0 Å². The maximum absolute atomic E-state index is 8.69. The van der Waals surface area contributed by atoms with E-state index in [1.165, 1.54) is 6.92 Å². The van der Waals surface area contributed by atoms with Crippen molar-refractivity contribution >= 4 is 0 Å². The lowest BCUT2D eigenvalue weighted by Gasteiger charge is -2.25. The van der Waals surface area contributed by atoms with E-state index in [0.717, 1.165) is 6.92 Å². The van der Waals surface area contributed by atoms with Crippen molar-refractivity contribution in [2.75, 3.05) is 0 Å². The van der Waals surface area contributed by atoms with Crippen molar-refractivity contribution in [2.45, 2.75) is 25.9 Å². The molecule has 9 heavy (non-hydrogen) atoms. The molecule has 4 N–H and O–H groups in total. The van der Waals surface area contributed by atoms with E-state index in [2.05, 4.69) is 0 Å². The van der Waals surface area contributed by atoms with Gasteiger partial charge in [0.1, 0.15) is 0 Å². The molecule has 0 radical (unpaired) electrons. The van der Waals surface area contributed by atoms with E-state index in [0.29, 0.717) is 0 Å². The minimum Gasteiger partial charge on any atom is -0.368 e. The van der Waals surface area contributed by atoms with Crippen molar-refractivity contribution in [1.29, 1.82) is 0 Å². The quantitative estimate of drug-likeness (QED) is 0.353. The molecule has 0 aliphatic carbocycles. The Morgan fingerprint density at radius 3 is 1.56 bits per heavy atom. The molecular weight excluding hydrogens is 124 g/mol. The minimum absolute atomic E-state index is 0.961. The van der Waals surface area contributed by atoms with Crippen molar-refractivity contribution in [2.24, 2.45) is 5.92 Å². The highest BCUT2D eigenvalue weighted by atomic mass is 16.5. The molecule has 56 valence electrons. The predicted octanol–water partition coefficient (Wildman–Crippen LogP) is -1.37. The van der Waals surface area contributed by atoms with Crippen LogP contribution in [0.15, 0.2) is 0 Å². The number of aliphatic hydroxyl groups excluding tert-OH is 1. The van der Waals surface area contributed by atoms with Crippen molar-refractivity contribution < 1.29 is 20.4 Å². The molecule has 0 amide bonds. The van der Waals surface area contributed by atoms with Crippen LogP contribution < -0.4 is 0 Å². The monoisotopic (exact) mass is 136 g/mol. The topological polar surface area (TPSA) is 80.9 Å². The van der Waals surface area contributed by atoms with Crippen LogP contribution in [-0.2, 0) is 0 Å². The molecule has 0 aromatic heterocycles. The first-order valence-corrected chi connectivity index (χ1v) is 2.66. The maximum atomic E-state index is 8.69. The first kappa shape index (κ1) is 8.84. The summed E-state index contributed by atoms with van der Waals surface area (Å²) in [6.45, 7) is 2.42. The first-order valence-electron chi connectivity index (χ1n) is 2.66. The molecule has 0 aliphatic heterocycles. The van der Waals surface area contributed by atoms with Gasteiger partial charge in [0, 0.05) is 0 Å². The Morgan fingerprint density at radius 2 is 1.56 bits per heavy atom. The highest BCUT2D eigenvalue weighted by molar-refractivity contribution is 4.67. The number of aliphatic hydroxyl groups is 4. The third kappa shape index (κ3) is 2.76.